The van der Waals surface area contributed by atoms with E-state index in [1.54, 1.807) is 26.1 Å². The molecule has 7 nitrogen and oxygen atoms in total. The third-order valence-electron chi connectivity index (χ3n) is 3.21. The van der Waals surface area contributed by atoms with Gasteiger partial charge in [0.15, 0.2) is 0 Å². The maximum atomic E-state index is 11.8. The highest BCUT2D eigenvalue weighted by Gasteiger charge is 2.23. The van der Waals surface area contributed by atoms with Crippen molar-refractivity contribution in [1.29, 1.82) is 0 Å². The van der Waals surface area contributed by atoms with E-state index in [0.717, 1.165) is 4.68 Å². The van der Waals surface area contributed by atoms with Crippen molar-refractivity contribution in [2.24, 2.45) is 7.05 Å². The average Bonchev–Trinajstić information content (AvgIpc) is 2.78. The van der Waals surface area contributed by atoms with Gasteiger partial charge in [-0.25, -0.2) is 9.48 Å². The third kappa shape index (κ3) is 3.57. The standard InChI is InChI=1S/C14H18N4O3/c1-14(21,11-6-4-3-5-7-11)9-15-12(19)8-18-13(20)17(2)10-16-18/h3-7,10,21H,8-9H2,1-2H3,(H,15,19). The molecular formula is C14H18N4O3. The largest absolute Gasteiger partial charge is 0.384 e. The lowest BCUT2D eigenvalue weighted by atomic mass is 9.96. The molecule has 1 aromatic carbocycles. The Morgan fingerprint density at radius 2 is 2.05 bits per heavy atom. The molecule has 2 aromatic rings. The Labute approximate surface area is 121 Å². The minimum absolute atomic E-state index is 0.0530. The molecule has 0 aliphatic carbocycles. The van der Waals surface area contributed by atoms with Crippen LogP contribution >= 0.6 is 0 Å². The zero-order valence-electron chi connectivity index (χ0n) is 12.0. The number of hydrogen-bond acceptors (Lipinski definition) is 4. The predicted octanol–water partition coefficient (Wildman–Crippen LogP) is -0.394. The number of hydrogen-bond donors (Lipinski definition) is 2. The van der Waals surface area contributed by atoms with Crippen molar-refractivity contribution in [2.45, 2.75) is 19.1 Å². The van der Waals surface area contributed by atoms with Crippen LogP contribution < -0.4 is 11.0 Å². The summed E-state index contributed by atoms with van der Waals surface area (Å²) in [6.07, 6.45) is 1.34. The van der Waals surface area contributed by atoms with E-state index in [-0.39, 0.29) is 24.7 Å². The summed E-state index contributed by atoms with van der Waals surface area (Å²) in [5.74, 6) is -0.382. The van der Waals surface area contributed by atoms with Crippen molar-refractivity contribution in [3.63, 3.8) is 0 Å². The summed E-state index contributed by atoms with van der Waals surface area (Å²) < 4.78 is 2.35. The Morgan fingerprint density at radius 3 is 2.62 bits per heavy atom. The predicted molar refractivity (Wildman–Crippen MR) is 76.5 cm³/mol. The molecule has 1 amide bonds. The molecular weight excluding hydrogens is 272 g/mol. The zero-order valence-corrected chi connectivity index (χ0v) is 12.0. The fourth-order valence-corrected chi connectivity index (χ4v) is 1.89. The van der Waals surface area contributed by atoms with Gasteiger partial charge in [-0.15, -0.1) is 0 Å². The van der Waals surface area contributed by atoms with E-state index in [0.29, 0.717) is 5.56 Å². The summed E-state index contributed by atoms with van der Waals surface area (Å²) in [6, 6.07) is 9.06. The molecule has 0 spiro atoms. The Bertz CT molecular complexity index is 673. The van der Waals surface area contributed by atoms with Gasteiger partial charge in [0, 0.05) is 7.05 Å². The quantitative estimate of drug-likeness (QED) is 0.784. The fraction of sp³-hybridized carbons (Fsp3) is 0.357. The van der Waals surface area contributed by atoms with Gasteiger partial charge in [0.1, 0.15) is 18.5 Å². The zero-order chi connectivity index (χ0) is 15.5. The minimum atomic E-state index is -1.17. The van der Waals surface area contributed by atoms with Gasteiger partial charge in [-0.2, -0.15) is 5.10 Å². The Morgan fingerprint density at radius 1 is 1.38 bits per heavy atom. The van der Waals surface area contributed by atoms with Crippen molar-refractivity contribution >= 4 is 5.91 Å². The Hall–Kier alpha value is -2.41. The van der Waals surface area contributed by atoms with E-state index < -0.39 is 5.60 Å². The van der Waals surface area contributed by atoms with Crippen LogP contribution in [0.25, 0.3) is 0 Å². The minimum Gasteiger partial charge on any atom is -0.384 e. The number of aromatic nitrogens is 3. The lowest BCUT2D eigenvalue weighted by Gasteiger charge is -2.24. The Kier molecular flexibility index (Phi) is 4.23. The molecule has 0 saturated heterocycles. The molecule has 0 aliphatic heterocycles. The van der Waals surface area contributed by atoms with Gasteiger partial charge in [-0.05, 0) is 12.5 Å². The number of benzene rings is 1. The lowest BCUT2D eigenvalue weighted by molar-refractivity contribution is -0.123. The van der Waals surface area contributed by atoms with Crippen LogP contribution in [0, 0.1) is 0 Å². The SMILES string of the molecule is Cn1cnn(CC(=O)NCC(C)(O)c2ccccc2)c1=O. The molecule has 0 saturated carbocycles. The number of nitrogens with zero attached hydrogens (tertiary/aromatic N) is 3. The first-order chi connectivity index (χ1) is 9.90. The van der Waals surface area contributed by atoms with Gasteiger partial charge < -0.3 is 10.4 Å². The van der Waals surface area contributed by atoms with E-state index in [9.17, 15) is 14.7 Å². The smallest absolute Gasteiger partial charge is 0.345 e. The first-order valence-corrected chi connectivity index (χ1v) is 6.53. The Balaban J connectivity index is 1.95. The van der Waals surface area contributed by atoms with Crippen molar-refractivity contribution in [2.75, 3.05) is 6.54 Å². The van der Waals surface area contributed by atoms with Crippen LogP contribution in [0.4, 0.5) is 0 Å². The van der Waals surface area contributed by atoms with Crippen molar-refractivity contribution in [3.05, 3.63) is 52.7 Å². The molecule has 0 radical (unpaired) electrons. The average molecular weight is 290 g/mol. The van der Waals surface area contributed by atoms with E-state index >= 15 is 0 Å². The van der Waals surface area contributed by atoms with Crippen molar-refractivity contribution in [3.8, 4) is 0 Å². The molecule has 7 heteroatoms. The molecule has 1 heterocycles. The number of aryl methyl sites for hydroxylation is 1. The molecule has 2 N–H and O–H groups in total. The highest BCUT2D eigenvalue weighted by molar-refractivity contribution is 5.75. The number of rotatable bonds is 5. The summed E-state index contributed by atoms with van der Waals surface area (Å²) in [5, 5.41) is 16.8. The second kappa shape index (κ2) is 5.92. The first kappa shape index (κ1) is 15.0. The fourth-order valence-electron chi connectivity index (χ4n) is 1.89. The summed E-state index contributed by atoms with van der Waals surface area (Å²) in [7, 11) is 1.56. The number of carbonyl (C=O) groups is 1. The van der Waals surface area contributed by atoms with Crippen molar-refractivity contribution in [1.82, 2.24) is 19.7 Å². The third-order valence-corrected chi connectivity index (χ3v) is 3.21. The van der Waals surface area contributed by atoms with Crippen LogP contribution in [-0.2, 0) is 24.0 Å². The molecule has 112 valence electrons. The topological polar surface area (TPSA) is 89.2 Å². The highest BCUT2D eigenvalue weighted by Crippen LogP contribution is 2.18. The molecule has 1 unspecified atom stereocenters. The van der Waals surface area contributed by atoms with Gasteiger partial charge in [0.05, 0.1) is 6.54 Å². The van der Waals surface area contributed by atoms with E-state index in [2.05, 4.69) is 10.4 Å². The number of nitrogens with one attached hydrogen (secondary N) is 1. The normalized spacial score (nSPS) is 13.7. The summed E-state index contributed by atoms with van der Waals surface area (Å²) >= 11 is 0. The van der Waals surface area contributed by atoms with Crippen molar-refractivity contribution < 1.29 is 9.90 Å². The molecule has 1 aromatic heterocycles. The summed E-state index contributed by atoms with van der Waals surface area (Å²) in [6.45, 7) is 1.50. The second-order valence-corrected chi connectivity index (χ2v) is 5.10. The number of aliphatic hydroxyl groups is 1. The van der Waals surface area contributed by atoms with E-state index in [4.69, 9.17) is 0 Å². The van der Waals surface area contributed by atoms with E-state index in [1.165, 1.54) is 10.9 Å². The number of amides is 1. The van der Waals surface area contributed by atoms with Crippen LogP contribution in [0.3, 0.4) is 0 Å². The highest BCUT2D eigenvalue weighted by atomic mass is 16.3. The molecule has 2 rings (SSSR count). The van der Waals surface area contributed by atoms with Crippen LogP contribution in [0.15, 0.2) is 41.5 Å². The summed E-state index contributed by atoms with van der Waals surface area (Å²) in [5.41, 5.74) is -0.827. The lowest BCUT2D eigenvalue weighted by Crippen LogP contribution is -2.41. The van der Waals surface area contributed by atoms with Gasteiger partial charge in [0.25, 0.3) is 0 Å². The monoisotopic (exact) mass is 290 g/mol. The molecule has 0 fully saturated rings. The molecule has 0 aliphatic rings. The molecule has 21 heavy (non-hydrogen) atoms. The van der Waals surface area contributed by atoms with Crippen LogP contribution in [0.1, 0.15) is 12.5 Å². The maximum absolute atomic E-state index is 11.8. The first-order valence-electron chi connectivity index (χ1n) is 6.53. The maximum Gasteiger partial charge on any atom is 0.345 e. The van der Waals surface area contributed by atoms with Crippen LogP contribution in [0.5, 0.6) is 0 Å². The van der Waals surface area contributed by atoms with Gasteiger partial charge in [-0.3, -0.25) is 9.36 Å². The number of carbonyl (C=O) groups excluding carboxylic acids is 1. The molecule has 0 bridgehead atoms. The van der Waals surface area contributed by atoms with Gasteiger partial charge in [-0.1, -0.05) is 30.3 Å². The van der Waals surface area contributed by atoms with Crippen LogP contribution in [0.2, 0.25) is 0 Å². The second-order valence-electron chi connectivity index (χ2n) is 5.10. The molecule has 1 atom stereocenters. The summed E-state index contributed by atoms with van der Waals surface area (Å²) in [4.78, 5) is 23.4. The van der Waals surface area contributed by atoms with E-state index in [1.807, 2.05) is 18.2 Å². The van der Waals surface area contributed by atoms with Gasteiger partial charge >= 0.3 is 5.69 Å². The van der Waals surface area contributed by atoms with Gasteiger partial charge in [0.2, 0.25) is 5.91 Å². The van der Waals surface area contributed by atoms with Crippen LogP contribution in [-0.4, -0.2) is 31.9 Å².